The molecule has 2 rings (SSSR count). The molecule has 0 aliphatic heterocycles. The quantitative estimate of drug-likeness (QED) is 0.791. The van der Waals surface area contributed by atoms with Crippen molar-refractivity contribution in [3.63, 3.8) is 0 Å². The molecule has 0 fully saturated rings. The van der Waals surface area contributed by atoms with Crippen LogP contribution in [-0.4, -0.2) is 12.6 Å². The molecule has 0 saturated heterocycles. The third-order valence-corrected chi connectivity index (χ3v) is 3.81. The maximum absolute atomic E-state index is 6.03. The lowest BCUT2D eigenvalue weighted by molar-refractivity contribution is 0.268. The standard InChI is InChI=1S/C19H27NO/c1-5-15(4)20-12-18-17-9-7-6-8-16(17)10-11-19(18)21-13-14(2)3/h6-11,14-15,20H,5,12-13H2,1-4H3. The third-order valence-electron chi connectivity index (χ3n) is 3.81. The maximum Gasteiger partial charge on any atom is 0.124 e. The Morgan fingerprint density at radius 2 is 1.81 bits per heavy atom. The Kier molecular flexibility index (Phi) is 5.63. The molecule has 0 bridgehead atoms. The molecule has 0 amide bonds. The van der Waals surface area contributed by atoms with Gasteiger partial charge < -0.3 is 10.1 Å². The molecule has 0 heterocycles. The fraction of sp³-hybridized carbons (Fsp3) is 0.474. The zero-order chi connectivity index (χ0) is 15.2. The van der Waals surface area contributed by atoms with Crippen molar-refractivity contribution >= 4 is 10.8 Å². The van der Waals surface area contributed by atoms with Crippen molar-refractivity contribution in [3.8, 4) is 5.75 Å². The van der Waals surface area contributed by atoms with Gasteiger partial charge in [-0.05, 0) is 36.1 Å². The molecule has 0 saturated carbocycles. The Morgan fingerprint density at radius 3 is 2.52 bits per heavy atom. The van der Waals surface area contributed by atoms with E-state index in [9.17, 15) is 0 Å². The third kappa shape index (κ3) is 4.21. The largest absolute Gasteiger partial charge is 0.493 e. The van der Waals surface area contributed by atoms with E-state index in [1.54, 1.807) is 0 Å². The van der Waals surface area contributed by atoms with Gasteiger partial charge in [0.1, 0.15) is 5.75 Å². The predicted octanol–water partition coefficient (Wildman–Crippen LogP) is 4.76. The average Bonchev–Trinajstić information content (AvgIpc) is 2.50. The van der Waals surface area contributed by atoms with Gasteiger partial charge in [0.05, 0.1) is 6.61 Å². The molecule has 114 valence electrons. The summed E-state index contributed by atoms with van der Waals surface area (Å²) in [4.78, 5) is 0. The van der Waals surface area contributed by atoms with Gasteiger partial charge in [0.2, 0.25) is 0 Å². The van der Waals surface area contributed by atoms with Crippen LogP contribution in [0.5, 0.6) is 5.75 Å². The van der Waals surface area contributed by atoms with Crippen molar-refractivity contribution in [2.24, 2.45) is 5.92 Å². The van der Waals surface area contributed by atoms with Gasteiger partial charge in [-0.2, -0.15) is 0 Å². The van der Waals surface area contributed by atoms with Crippen molar-refractivity contribution in [2.45, 2.75) is 46.7 Å². The van der Waals surface area contributed by atoms with E-state index in [2.05, 4.69) is 69.4 Å². The van der Waals surface area contributed by atoms with E-state index < -0.39 is 0 Å². The summed E-state index contributed by atoms with van der Waals surface area (Å²) in [5.74, 6) is 1.55. The molecule has 1 atom stereocenters. The number of rotatable bonds is 7. The van der Waals surface area contributed by atoms with Gasteiger partial charge in [-0.1, -0.05) is 51.1 Å². The first-order chi connectivity index (χ1) is 10.1. The molecule has 0 aliphatic carbocycles. The fourth-order valence-corrected chi connectivity index (χ4v) is 2.31. The summed E-state index contributed by atoms with van der Waals surface area (Å²) in [6, 6.07) is 13.3. The SMILES string of the molecule is CCC(C)NCc1c(OCC(C)C)ccc2ccccc12. The van der Waals surface area contributed by atoms with Crippen molar-refractivity contribution in [2.75, 3.05) is 6.61 Å². The Labute approximate surface area is 128 Å². The lowest BCUT2D eigenvalue weighted by Crippen LogP contribution is -2.25. The van der Waals surface area contributed by atoms with Gasteiger partial charge in [0, 0.05) is 18.2 Å². The first-order valence-electron chi connectivity index (χ1n) is 7.98. The van der Waals surface area contributed by atoms with Crippen molar-refractivity contribution < 1.29 is 4.74 Å². The van der Waals surface area contributed by atoms with Crippen LogP contribution in [0.3, 0.4) is 0 Å². The van der Waals surface area contributed by atoms with Gasteiger partial charge >= 0.3 is 0 Å². The predicted molar refractivity (Wildman–Crippen MR) is 90.9 cm³/mol. The summed E-state index contributed by atoms with van der Waals surface area (Å²) in [6.45, 7) is 10.4. The molecular formula is C19H27NO. The molecule has 0 spiro atoms. The minimum absolute atomic E-state index is 0.516. The zero-order valence-electron chi connectivity index (χ0n) is 13.6. The van der Waals surface area contributed by atoms with Crippen LogP contribution < -0.4 is 10.1 Å². The first kappa shape index (κ1) is 15.8. The normalized spacial score (nSPS) is 12.8. The second kappa shape index (κ2) is 7.46. The number of fused-ring (bicyclic) bond motifs is 1. The van der Waals surface area contributed by atoms with Crippen LogP contribution in [0.15, 0.2) is 36.4 Å². The van der Waals surface area contributed by atoms with Gasteiger partial charge in [-0.25, -0.2) is 0 Å². The van der Waals surface area contributed by atoms with Crippen LogP contribution >= 0.6 is 0 Å². The molecule has 0 aliphatic rings. The van der Waals surface area contributed by atoms with Crippen LogP contribution in [0.2, 0.25) is 0 Å². The summed E-state index contributed by atoms with van der Waals surface area (Å²) in [5.41, 5.74) is 1.27. The van der Waals surface area contributed by atoms with Crippen LogP contribution in [0.25, 0.3) is 10.8 Å². The monoisotopic (exact) mass is 285 g/mol. The van der Waals surface area contributed by atoms with Crippen molar-refractivity contribution in [1.29, 1.82) is 0 Å². The Bertz CT molecular complexity index is 577. The van der Waals surface area contributed by atoms with Crippen molar-refractivity contribution in [1.82, 2.24) is 5.32 Å². The van der Waals surface area contributed by atoms with Crippen LogP contribution in [0, 0.1) is 5.92 Å². The second-order valence-corrected chi connectivity index (χ2v) is 6.16. The molecule has 2 nitrogen and oxygen atoms in total. The maximum atomic E-state index is 6.03. The molecule has 2 aromatic rings. The second-order valence-electron chi connectivity index (χ2n) is 6.16. The smallest absolute Gasteiger partial charge is 0.124 e. The van der Waals surface area contributed by atoms with E-state index in [0.29, 0.717) is 12.0 Å². The van der Waals surface area contributed by atoms with Crippen LogP contribution in [0.4, 0.5) is 0 Å². The number of hydrogen-bond donors (Lipinski definition) is 1. The Hall–Kier alpha value is -1.54. The topological polar surface area (TPSA) is 21.3 Å². The van der Waals surface area contributed by atoms with Crippen LogP contribution in [-0.2, 0) is 6.54 Å². The number of hydrogen-bond acceptors (Lipinski definition) is 2. The summed E-state index contributed by atoms with van der Waals surface area (Å²) >= 11 is 0. The number of ether oxygens (including phenoxy) is 1. The highest BCUT2D eigenvalue weighted by Crippen LogP contribution is 2.28. The van der Waals surface area contributed by atoms with E-state index in [0.717, 1.165) is 25.3 Å². The minimum atomic E-state index is 0.516. The van der Waals surface area contributed by atoms with E-state index in [4.69, 9.17) is 4.74 Å². The number of nitrogens with one attached hydrogen (secondary N) is 1. The van der Waals surface area contributed by atoms with Gasteiger partial charge in [0.25, 0.3) is 0 Å². The van der Waals surface area contributed by atoms with E-state index in [1.165, 1.54) is 16.3 Å². The summed E-state index contributed by atoms with van der Waals surface area (Å²) in [7, 11) is 0. The molecule has 1 N–H and O–H groups in total. The van der Waals surface area contributed by atoms with E-state index in [1.807, 2.05) is 0 Å². The molecular weight excluding hydrogens is 258 g/mol. The highest BCUT2D eigenvalue weighted by Gasteiger charge is 2.10. The summed E-state index contributed by atoms with van der Waals surface area (Å²) < 4.78 is 6.03. The Balaban J connectivity index is 2.32. The number of benzene rings is 2. The molecule has 2 aromatic carbocycles. The van der Waals surface area contributed by atoms with Crippen molar-refractivity contribution in [3.05, 3.63) is 42.0 Å². The molecule has 0 aromatic heterocycles. The molecule has 0 radical (unpaired) electrons. The van der Waals surface area contributed by atoms with Gasteiger partial charge in [0.15, 0.2) is 0 Å². The van der Waals surface area contributed by atoms with Gasteiger partial charge in [-0.3, -0.25) is 0 Å². The molecule has 21 heavy (non-hydrogen) atoms. The molecule has 1 unspecified atom stereocenters. The lowest BCUT2D eigenvalue weighted by atomic mass is 10.0. The van der Waals surface area contributed by atoms with E-state index >= 15 is 0 Å². The van der Waals surface area contributed by atoms with E-state index in [-0.39, 0.29) is 0 Å². The Morgan fingerprint density at radius 1 is 1.05 bits per heavy atom. The van der Waals surface area contributed by atoms with Crippen LogP contribution in [0.1, 0.15) is 39.7 Å². The highest BCUT2D eigenvalue weighted by atomic mass is 16.5. The average molecular weight is 285 g/mol. The summed E-state index contributed by atoms with van der Waals surface area (Å²) in [5, 5.41) is 6.15. The molecule has 2 heteroatoms. The summed E-state index contributed by atoms with van der Waals surface area (Å²) in [6.07, 6.45) is 1.13. The first-order valence-corrected chi connectivity index (χ1v) is 7.98. The highest BCUT2D eigenvalue weighted by molar-refractivity contribution is 5.87. The lowest BCUT2D eigenvalue weighted by Gasteiger charge is -2.18. The van der Waals surface area contributed by atoms with Gasteiger partial charge in [-0.15, -0.1) is 0 Å². The minimum Gasteiger partial charge on any atom is -0.493 e. The fourth-order valence-electron chi connectivity index (χ4n) is 2.31. The zero-order valence-corrected chi connectivity index (χ0v) is 13.6.